The van der Waals surface area contributed by atoms with E-state index in [1.54, 1.807) is 23.5 Å². The van der Waals surface area contributed by atoms with E-state index in [0.717, 1.165) is 0 Å². The number of thioether (sulfide) groups is 2. The molecular weight excluding hydrogens is 290 g/mol. The lowest BCUT2D eigenvalue weighted by Gasteiger charge is -2.19. The second-order valence-corrected chi connectivity index (χ2v) is 5.73. The minimum atomic E-state index is -0.973. The molecule has 0 aromatic heterocycles. The summed E-state index contributed by atoms with van der Waals surface area (Å²) in [7, 11) is 0. The molecule has 0 heterocycles. The molecule has 5 N–H and O–H groups in total. The van der Waals surface area contributed by atoms with Gasteiger partial charge < -0.3 is 10.2 Å². The van der Waals surface area contributed by atoms with Gasteiger partial charge in [0.1, 0.15) is 12.1 Å². The Morgan fingerprint density at radius 3 is 1.58 bits per heavy atom. The molecule has 112 valence electrons. The molecule has 0 aliphatic rings. The molecule has 0 amide bonds. The maximum atomic E-state index is 10.9. The number of hydrogen-bond donors (Lipinski definition) is 5. The van der Waals surface area contributed by atoms with Crippen LogP contribution in [-0.4, -0.2) is 58.3 Å². The van der Waals surface area contributed by atoms with Crippen molar-refractivity contribution in [1.82, 2.24) is 16.4 Å². The van der Waals surface area contributed by atoms with Crippen LogP contribution in [0.1, 0.15) is 12.8 Å². The molecule has 0 rings (SSSR count). The van der Waals surface area contributed by atoms with Crippen molar-refractivity contribution in [2.75, 3.05) is 24.0 Å². The molecule has 0 spiro atoms. The lowest BCUT2D eigenvalue weighted by atomic mass is 10.2. The maximum absolute atomic E-state index is 10.9. The number of hydrogen-bond acceptors (Lipinski definition) is 7. The fourth-order valence-corrected chi connectivity index (χ4v) is 2.14. The van der Waals surface area contributed by atoms with Crippen LogP contribution in [0.3, 0.4) is 0 Å². The second-order valence-electron chi connectivity index (χ2n) is 3.76. The van der Waals surface area contributed by atoms with E-state index in [-0.39, 0.29) is 0 Å². The van der Waals surface area contributed by atoms with Crippen molar-refractivity contribution in [3.8, 4) is 0 Å². The fourth-order valence-electron chi connectivity index (χ4n) is 1.20. The summed E-state index contributed by atoms with van der Waals surface area (Å²) in [6.45, 7) is 0. The Balaban J connectivity index is 4.05. The van der Waals surface area contributed by atoms with Gasteiger partial charge in [0.05, 0.1) is 0 Å². The van der Waals surface area contributed by atoms with Gasteiger partial charge in [-0.05, 0) is 36.9 Å². The number of rotatable bonds is 12. The molecule has 9 heteroatoms. The highest BCUT2D eigenvalue weighted by Crippen LogP contribution is 2.01. The largest absolute Gasteiger partial charge is 0.480 e. The summed E-state index contributed by atoms with van der Waals surface area (Å²) >= 11 is 3.11. The zero-order valence-electron chi connectivity index (χ0n) is 11.0. The quantitative estimate of drug-likeness (QED) is 0.318. The van der Waals surface area contributed by atoms with Crippen molar-refractivity contribution >= 4 is 35.5 Å². The fraction of sp³-hybridized carbons (Fsp3) is 0.800. The molecule has 0 aliphatic carbocycles. The molecule has 0 aromatic rings. The van der Waals surface area contributed by atoms with Crippen molar-refractivity contribution in [3.05, 3.63) is 0 Å². The summed E-state index contributed by atoms with van der Waals surface area (Å²) in [5, 5.41) is 17.9. The number of carboxylic acid groups (broad SMARTS) is 2. The SMILES string of the molecule is CSCCC(NNNC(CCSC)C(=O)O)C(=O)O. The minimum Gasteiger partial charge on any atom is -0.480 e. The predicted molar refractivity (Wildman–Crippen MR) is 78.3 cm³/mol. The first-order valence-corrected chi connectivity index (χ1v) is 8.51. The summed E-state index contributed by atoms with van der Waals surface area (Å²) in [6.07, 6.45) is 4.70. The Hall–Kier alpha value is -0.480. The highest BCUT2D eigenvalue weighted by Gasteiger charge is 2.19. The highest BCUT2D eigenvalue weighted by molar-refractivity contribution is 7.98. The molecule has 0 aliphatic heterocycles. The van der Waals surface area contributed by atoms with Crippen LogP contribution in [0.15, 0.2) is 0 Å². The van der Waals surface area contributed by atoms with E-state index < -0.39 is 24.0 Å². The number of aliphatic carboxylic acids is 2. The average molecular weight is 311 g/mol. The summed E-state index contributed by atoms with van der Waals surface area (Å²) in [4.78, 5) is 21.9. The Kier molecular flexibility index (Phi) is 11.1. The van der Waals surface area contributed by atoms with Crippen LogP contribution < -0.4 is 16.4 Å². The standard InChI is InChI=1S/C10H21N3O4S2/c1-18-5-3-7(9(14)15)11-13-12-8(10(16)17)4-6-19-2/h7-8,11-13H,3-6H2,1-2H3,(H,14,15)(H,16,17). The Bertz CT molecular complexity index is 256. The zero-order valence-corrected chi connectivity index (χ0v) is 12.6. The summed E-state index contributed by atoms with van der Waals surface area (Å²) in [5.41, 5.74) is 7.63. The molecule has 0 radical (unpaired) electrons. The normalized spacial score (nSPS) is 14.0. The average Bonchev–Trinajstić information content (AvgIpc) is 2.36. The summed E-state index contributed by atoms with van der Waals surface area (Å²) in [6, 6.07) is -1.51. The van der Waals surface area contributed by atoms with Gasteiger partial charge in [0.25, 0.3) is 0 Å². The Labute approximate surface area is 121 Å². The maximum Gasteiger partial charge on any atom is 0.322 e. The van der Waals surface area contributed by atoms with Crippen molar-refractivity contribution in [1.29, 1.82) is 0 Å². The molecule has 0 saturated carbocycles. The van der Waals surface area contributed by atoms with Crippen molar-refractivity contribution in [2.45, 2.75) is 24.9 Å². The third-order valence-electron chi connectivity index (χ3n) is 2.31. The molecule has 7 nitrogen and oxygen atoms in total. The molecular formula is C10H21N3O4S2. The summed E-state index contributed by atoms with van der Waals surface area (Å²) in [5.74, 6) is -0.528. The Morgan fingerprint density at radius 2 is 1.32 bits per heavy atom. The van der Waals surface area contributed by atoms with Gasteiger partial charge in [0, 0.05) is 0 Å². The lowest BCUT2D eigenvalue weighted by Crippen LogP contribution is -2.56. The topological polar surface area (TPSA) is 111 Å². The monoisotopic (exact) mass is 311 g/mol. The van der Waals surface area contributed by atoms with Gasteiger partial charge in [-0.15, -0.1) is 0 Å². The van der Waals surface area contributed by atoms with E-state index in [1.807, 2.05) is 12.5 Å². The van der Waals surface area contributed by atoms with Crippen LogP contribution in [0.4, 0.5) is 0 Å². The van der Waals surface area contributed by atoms with Crippen LogP contribution in [-0.2, 0) is 9.59 Å². The molecule has 0 saturated heterocycles. The van der Waals surface area contributed by atoms with Gasteiger partial charge in [-0.25, -0.2) is 10.9 Å². The summed E-state index contributed by atoms with van der Waals surface area (Å²) < 4.78 is 0. The highest BCUT2D eigenvalue weighted by atomic mass is 32.2. The van der Waals surface area contributed by atoms with Crippen molar-refractivity contribution in [2.24, 2.45) is 0 Å². The molecule has 19 heavy (non-hydrogen) atoms. The zero-order chi connectivity index (χ0) is 14.7. The van der Waals surface area contributed by atoms with Crippen LogP contribution in [0.2, 0.25) is 0 Å². The van der Waals surface area contributed by atoms with Gasteiger partial charge >= 0.3 is 11.9 Å². The van der Waals surface area contributed by atoms with E-state index in [2.05, 4.69) is 16.4 Å². The molecule has 0 bridgehead atoms. The van der Waals surface area contributed by atoms with E-state index in [1.165, 1.54) is 0 Å². The third kappa shape index (κ3) is 9.11. The first-order valence-electron chi connectivity index (χ1n) is 5.72. The third-order valence-corrected chi connectivity index (χ3v) is 3.60. The van der Waals surface area contributed by atoms with Crippen LogP contribution >= 0.6 is 23.5 Å². The van der Waals surface area contributed by atoms with E-state index in [0.29, 0.717) is 24.3 Å². The second kappa shape index (κ2) is 11.4. The molecule has 0 aromatic carbocycles. The Morgan fingerprint density at radius 1 is 0.947 bits per heavy atom. The van der Waals surface area contributed by atoms with Crippen LogP contribution in [0.25, 0.3) is 0 Å². The number of hydrazine groups is 2. The molecule has 0 fully saturated rings. The van der Waals surface area contributed by atoms with Gasteiger partial charge in [-0.3, -0.25) is 9.59 Å². The van der Waals surface area contributed by atoms with E-state index in [9.17, 15) is 9.59 Å². The van der Waals surface area contributed by atoms with Gasteiger partial charge in [-0.1, -0.05) is 0 Å². The van der Waals surface area contributed by atoms with Crippen molar-refractivity contribution < 1.29 is 19.8 Å². The first kappa shape index (κ1) is 18.5. The molecule has 2 unspecified atom stereocenters. The number of nitrogens with one attached hydrogen (secondary N) is 3. The van der Waals surface area contributed by atoms with Crippen molar-refractivity contribution in [3.63, 3.8) is 0 Å². The first-order chi connectivity index (χ1) is 9.02. The van der Waals surface area contributed by atoms with Gasteiger partial charge in [0.2, 0.25) is 0 Å². The molecule has 2 atom stereocenters. The number of carboxylic acids is 2. The van der Waals surface area contributed by atoms with E-state index in [4.69, 9.17) is 10.2 Å². The van der Waals surface area contributed by atoms with Crippen LogP contribution in [0, 0.1) is 0 Å². The van der Waals surface area contributed by atoms with Gasteiger partial charge in [0.15, 0.2) is 0 Å². The van der Waals surface area contributed by atoms with E-state index >= 15 is 0 Å². The minimum absolute atomic E-state index is 0.452. The number of carbonyl (C=O) groups is 2. The lowest BCUT2D eigenvalue weighted by molar-refractivity contribution is -0.140. The predicted octanol–water partition coefficient (Wildman–Crippen LogP) is -0.00220. The van der Waals surface area contributed by atoms with Crippen LogP contribution in [0.5, 0.6) is 0 Å². The smallest absolute Gasteiger partial charge is 0.322 e. The van der Waals surface area contributed by atoms with Gasteiger partial charge in [-0.2, -0.15) is 29.1 Å².